The summed E-state index contributed by atoms with van der Waals surface area (Å²) in [5, 5.41) is 1.98. The third kappa shape index (κ3) is 3.39. The molecule has 1 aromatic carbocycles. The van der Waals surface area contributed by atoms with Gasteiger partial charge in [0.15, 0.2) is 4.96 Å². The molecule has 4 rings (SSSR count). The lowest BCUT2D eigenvalue weighted by Crippen LogP contribution is -2.24. The SMILES string of the molecule is Cc1csc2nc(CN(C)Cc3ccccc3N3CCCC3)cc(=O)n12. The van der Waals surface area contributed by atoms with E-state index in [2.05, 4.69) is 46.1 Å². The standard InChI is InChI=1S/C20H24N4OS/c1-15-14-26-20-21-17(11-19(25)24(15)20)13-22(2)12-16-7-3-4-8-18(16)23-9-5-6-10-23/h3-4,7-8,11,14H,5-6,9-10,12-13H2,1-2H3. The normalized spacial score (nSPS) is 14.7. The summed E-state index contributed by atoms with van der Waals surface area (Å²) in [4.78, 5) is 22.5. The molecule has 0 aliphatic carbocycles. The molecule has 5 nitrogen and oxygen atoms in total. The van der Waals surface area contributed by atoms with Crippen molar-refractivity contribution < 1.29 is 0 Å². The average molecular weight is 369 g/mol. The van der Waals surface area contributed by atoms with Gasteiger partial charge < -0.3 is 4.90 Å². The summed E-state index contributed by atoms with van der Waals surface area (Å²) in [6.45, 7) is 5.74. The molecule has 3 aromatic rings. The Balaban J connectivity index is 1.53. The molecular weight excluding hydrogens is 344 g/mol. The van der Waals surface area contributed by atoms with Gasteiger partial charge in [0.25, 0.3) is 5.56 Å². The molecule has 26 heavy (non-hydrogen) atoms. The number of aromatic nitrogens is 2. The molecule has 3 heterocycles. The average Bonchev–Trinajstić information content (AvgIpc) is 3.25. The van der Waals surface area contributed by atoms with Gasteiger partial charge in [-0.25, -0.2) is 4.98 Å². The van der Waals surface area contributed by atoms with Crippen molar-refractivity contribution in [2.45, 2.75) is 32.9 Å². The first kappa shape index (κ1) is 17.2. The highest BCUT2D eigenvalue weighted by Crippen LogP contribution is 2.25. The second kappa shape index (κ2) is 7.21. The van der Waals surface area contributed by atoms with Gasteiger partial charge in [0.2, 0.25) is 0 Å². The summed E-state index contributed by atoms with van der Waals surface area (Å²) < 4.78 is 1.68. The molecule has 2 aromatic heterocycles. The second-order valence-electron chi connectivity index (χ2n) is 7.08. The minimum Gasteiger partial charge on any atom is -0.371 e. The first-order valence-corrected chi connectivity index (χ1v) is 9.98. The zero-order valence-corrected chi connectivity index (χ0v) is 16.1. The van der Waals surface area contributed by atoms with Gasteiger partial charge in [-0.2, -0.15) is 0 Å². The quantitative estimate of drug-likeness (QED) is 0.693. The van der Waals surface area contributed by atoms with Crippen LogP contribution < -0.4 is 10.5 Å². The zero-order chi connectivity index (χ0) is 18.1. The molecule has 0 amide bonds. The second-order valence-corrected chi connectivity index (χ2v) is 7.91. The van der Waals surface area contributed by atoms with Crippen LogP contribution in [0, 0.1) is 6.92 Å². The number of thiazole rings is 1. The minimum absolute atomic E-state index is 0.00890. The maximum absolute atomic E-state index is 12.4. The number of para-hydroxylation sites is 1. The Hall–Kier alpha value is -2.18. The van der Waals surface area contributed by atoms with Gasteiger partial charge in [0.1, 0.15) is 0 Å². The van der Waals surface area contributed by atoms with Gasteiger partial charge >= 0.3 is 0 Å². The Kier molecular flexibility index (Phi) is 4.78. The smallest absolute Gasteiger partial charge is 0.259 e. The third-order valence-electron chi connectivity index (χ3n) is 4.94. The van der Waals surface area contributed by atoms with Crippen molar-refractivity contribution in [2.75, 3.05) is 25.0 Å². The number of benzene rings is 1. The lowest BCUT2D eigenvalue weighted by atomic mass is 10.1. The highest BCUT2D eigenvalue weighted by Gasteiger charge is 2.16. The molecule has 1 saturated heterocycles. The van der Waals surface area contributed by atoms with Crippen molar-refractivity contribution in [3.05, 3.63) is 63.0 Å². The number of hydrogen-bond acceptors (Lipinski definition) is 5. The van der Waals surface area contributed by atoms with Crippen LogP contribution in [0.1, 0.15) is 29.8 Å². The first-order chi connectivity index (χ1) is 12.6. The van der Waals surface area contributed by atoms with Crippen molar-refractivity contribution in [1.29, 1.82) is 0 Å². The topological polar surface area (TPSA) is 40.9 Å². The molecule has 1 aliphatic rings. The van der Waals surface area contributed by atoms with Crippen molar-refractivity contribution in [2.24, 2.45) is 0 Å². The summed E-state index contributed by atoms with van der Waals surface area (Å²) >= 11 is 1.52. The summed E-state index contributed by atoms with van der Waals surface area (Å²) in [7, 11) is 2.09. The van der Waals surface area contributed by atoms with Gasteiger partial charge in [-0.15, -0.1) is 11.3 Å². The van der Waals surface area contributed by atoms with E-state index < -0.39 is 0 Å². The summed E-state index contributed by atoms with van der Waals surface area (Å²) in [6, 6.07) is 10.3. The molecule has 1 aliphatic heterocycles. The Bertz CT molecular complexity index is 971. The predicted molar refractivity (Wildman–Crippen MR) is 107 cm³/mol. The number of rotatable bonds is 5. The van der Waals surface area contributed by atoms with E-state index in [9.17, 15) is 4.79 Å². The third-order valence-corrected chi connectivity index (χ3v) is 5.88. The highest BCUT2D eigenvalue weighted by molar-refractivity contribution is 7.15. The van der Waals surface area contributed by atoms with E-state index in [1.807, 2.05) is 12.3 Å². The molecule has 6 heteroatoms. The molecule has 0 unspecified atom stereocenters. The molecule has 0 atom stereocenters. The Labute approximate surface area is 157 Å². The van der Waals surface area contributed by atoms with Crippen molar-refractivity contribution in [1.82, 2.24) is 14.3 Å². The monoisotopic (exact) mass is 368 g/mol. The van der Waals surface area contributed by atoms with Crippen LogP contribution in [-0.4, -0.2) is 34.4 Å². The van der Waals surface area contributed by atoms with Crippen LogP contribution in [0.4, 0.5) is 5.69 Å². The number of aryl methyl sites for hydroxylation is 1. The fourth-order valence-corrected chi connectivity index (χ4v) is 4.61. The Morgan fingerprint density at radius 1 is 1.19 bits per heavy atom. The van der Waals surface area contributed by atoms with Crippen LogP contribution in [0.25, 0.3) is 4.96 Å². The molecule has 0 bridgehead atoms. The number of anilines is 1. The fourth-order valence-electron chi connectivity index (χ4n) is 3.72. The van der Waals surface area contributed by atoms with Gasteiger partial charge in [0.05, 0.1) is 5.69 Å². The van der Waals surface area contributed by atoms with Gasteiger partial charge in [-0.1, -0.05) is 18.2 Å². The molecular formula is C20H24N4OS. The molecule has 0 N–H and O–H groups in total. The summed E-state index contributed by atoms with van der Waals surface area (Å²) in [5.74, 6) is 0. The molecule has 136 valence electrons. The van der Waals surface area contributed by atoms with E-state index in [1.165, 1.54) is 35.4 Å². The van der Waals surface area contributed by atoms with E-state index in [0.29, 0.717) is 6.54 Å². The van der Waals surface area contributed by atoms with Crippen LogP contribution in [0.5, 0.6) is 0 Å². The van der Waals surface area contributed by atoms with Crippen molar-refractivity contribution in [3.63, 3.8) is 0 Å². The van der Waals surface area contributed by atoms with E-state index in [4.69, 9.17) is 0 Å². The van der Waals surface area contributed by atoms with Crippen LogP contribution in [0.15, 0.2) is 40.5 Å². The Morgan fingerprint density at radius 2 is 1.96 bits per heavy atom. The lowest BCUT2D eigenvalue weighted by molar-refractivity contribution is 0.315. The van der Waals surface area contributed by atoms with Crippen LogP contribution in [0.2, 0.25) is 0 Å². The van der Waals surface area contributed by atoms with Crippen molar-refractivity contribution in [3.8, 4) is 0 Å². The largest absolute Gasteiger partial charge is 0.371 e. The van der Waals surface area contributed by atoms with Crippen molar-refractivity contribution >= 4 is 22.0 Å². The van der Waals surface area contributed by atoms with Crippen LogP contribution >= 0.6 is 11.3 Å². The minimum atomic E-state index is 0.00890. The van der Waals surface area contributed by atoms with Gasteiger partial charge in [0, 0.05) is 49.0 Å². The number of nitrogens with zero attached hydrogens (tertiary/aromatic N) is 4. The zero-order valence-electron chi connectivity index (χ0n) is 15.3. The summed E-state index contributed by atoms with van der Waals surface area (Å²) in [5.41, 5.74) is 4.46. The maximum atomic E-state index is 12.4. The van der Waals surface area contributed by atoms with Gasteiger partial charge in [-0.05, 0) is 38.4 Å². The van der Waals surface area contributed by atoms with Crippen LogP contribution in [-0.2, 0) is 13.1 Å². The first-order valence-electron chi connectivity index (χ1n) is 9.10. The molecule has 0 radical (unpaired) electrons. The molecule has 0 spiro atoms. The molecule has 0 saturated carbocycles. The van der Waals surface area contributed by atoms with E-state index in [1.54, 1.807) is 10.5 Å². The Morgan fingerprint density at radius 3 is 2.77 bits per heavy atom. The van der Waals surface area contributed by atoms with E-state index in [-0.39, 0.29) is 5.56 Å². The van der Waals surface area contributed by atoms with Crippen LogP contribution in [0.3, 0.4) is 0 Å². The number of hydrogen-bond donors (Lipinski definition) is 0. The van der Waals surface area contributed by atoms with E-state index >= 15 is 0 Å². The summed E-state index contributed by atoms with van der Waals surface area (Å²) in [6.07, 6.45) is 2.55. The lowest BCUT2D eigenvalue weighted by Gasteiger charge is -2.24. The van der Waals surface area contributed by atoms with Gasteiger partial charge in [-0.3, -0.25) is 14.1 Å². The number of fused-ring (bicyclic) bond motifs is 1. The fraction of sp³-hybridized carbons (Fsp3) is 0.400. The highest BCUT2D eigenvalue weighted by atomic mass is 32.1. The maximum Gasteiger partial charge on any atom is 0.259 e. The van der Waals surface area contributed by atoms with E-state index in [0.717, 1.165) is 36.0 Å². The molecule has 1 fully saturated rings. The predicted octanol–water partition coefficient (Wildman–Crippen LogP) is 3.30.